The van der Waals surface area contributed by atoms with Gasteiger partial charge in [0, 0.05) is 21.5 Å². The van der Waals surface area contributed by atoms with Crippen LogP contribution in [0.3, 0.4) is 0 Å². The fraction of sp³-hybridized carbons (Fsp3) is 0.136. The van der Waals surface area contributed by atoms with Gasteiger partial charge in [-0.05, 0) is 56.7 Å². The number of nitrogens with one attached hydrogen (secondary N) is 1. The summed E-state index contributed by atoms with van der Waals surface area (Å²) in [7, 11) is 0. The second kappa shape index (κ2) is 7.20. The van der Waals surface area contributed by atoms with E-state index in [9.17, 15) is 4.79 Å². The van der Waals surface area contributed by atoms with Crippen LogP contribution in [0.4, 0.5) is 5.82 Å². The van der Waals surface area contributed by atoms with Gasteiger partial charge in [-0.15, -0.1) is 0 Å². The van der Waals surface area contributed by atoms with Crippen LogP contribution in [0.5, 0.6) is 0 Å². The first-order valence-corrected chi connectivity index (χ1v) is 9.62. The van der Waals surface area contributed by atoms with Crippen LogP contribution in [0.2, 0.25) is 0 Å². The lowest BCUT2D eigenvalue weighted by molar-refractivity contribution is 0.102. The minimum absolute atomic E-state index is 0.259. The maximum atomic E-state index is 13.0. The second-order valence-electron chi connectivity index (χ2n) is 6.81. The average Bonchev–Trinajstić information content (AvgIpc) is 3.07. The van der Waals surface area contributed by atoms with Gasteiger partial charge >= 0.3 is 0 Å². The Hall–Kier alpha value is -2.99. The highest BCUT2D eigenvalue weighted by molar-refractivity contribution is 9.10. The number of aryl methyl sites for hydroxylation is 3. The lowest BCUT2D eigenvalue weighted by atomic mass is 9.99. The summed E-state index contributed by atoms with van der Waals surface area (Å²) in [6.07, 6.45) is 0. The summed E-state index contributed by atoms with van der Waals surface area (Å²) >= 11 is 3.48. The SMILES string of the molecule is Cc1ccc(C)c(-c2cc(C(=O)Nc3cc(C)on3)c3cc(Br)ccc3n2)c1. The van der Waals surface area contributed by atoms with Gasteiger partial charge in [-0.25, -0.2) is 4.98 Å². The van der Waals surface area contributed by atoms with Crippen LogP contribution in [0, 0.1) is 20.8 Å². The number of hydrogen-bond acceptors (Lipinski definition) is 4. The lowest BCUT2D eigenvalue weighted by Crippen LogP contribution is -2.13. The molecule has 1 amide bonds. The molecular formula is C22H18BrN3O2. The van der Waals surface area contributed by atoms with Crippen LogP contribution in [0.15, 0.2) is 57.5 Å². The van der Waals surface area contributed by atoms with Gasteiger partial charge in [0.15, 0.2) is 5.82 Å². The Morgan fingerprint density at radius 3 is 2.61 bits per heavy atom. The van der Waals surface area contributed by atoms with E-state index >= 15 is 0 Å². The van der Waals surface area contributed by atoms with Crippen LogP contribution in [-0.2, 0) is 0 Å². The third-order valence-corrected chi connectivity index (χ3v) is 5.05. The number of halogens is 1. The number of carbonyl (C=O) groups excluding carboxylic acids is 1. The van der Waals surface area contributed by atoms with E-state index in [1.165, 1.54) is 0 Å². The molecule has 2 heterocycles. The van der Waals surface area contributed by atoms with E-state index in [2.05, 4.69) is 44.6 Å². The summed E-state index contributed by atoms with van der Waals surface area (Å²) in [6.45, 7) is 5.86. The first-order chi connectivity index (χ1) is 13.4. The van der Waals surface area contributed by atoms with Gasteiger partial charge in [0.25, 0.3) is 5.91 Å². The zero-order valence-corrected chi connectivity index (χ0v) is 17.3. The molecule has 0 saturated heterocycles. The molecule has 2 aromatic carbocycles. The summed E-state index contributed by atoms with van der Waals surface area (Å²) in [5.41, 5.74) is 5.30. The highest BCUT2D eigenvalue weighted by Gasteiger charge is 2.17. The normalized spacial score (nSPS) is 11.0. The lowest BCUT2D eigenvalue weighted by Gasteiger charge is -2.12. The standard InChI is InChI=1S/C22H18BrN3O2/c1-12-4-5-13(2)16(8-12)20-11-18(17-10-15(23)6-7-19(17)24-20)22(27)25-21-9-14(3)28-26-21/h4-11H,1-3H3,(H,25,26,27). The van der Waals surface area contributed by atoms with Crippen LogP contribution in [0.25, 0.3) is 22.2 Å². The average molecular weight is 436 g/mol. The van der Waals surface area contributed by atoms with Crippen LogP contribution >= 0.6 is 15.9 Å². The minimum atomic E-state index is -0.259. The molecule has 0 atom stereocenters. The number of amides is 1. The zero-order valence-electron chi connectivity index (χ0n) is 15.7. The molecule has 0 saturated carbocycles. The molecule has 0 unspecified atom stereocenters. The highest BCUT2D eigenvalue weighted by Crippen LogP contribution is 2.30. The third kappa shape index (κ3) is 3.55. The molecule has 2 aromatic heterocycles. The van der Waals surface area contributed by atoms with Crippen LogP contribution in [-0.4, -0.2) is 16.0 Å². The molecule has 0 fully saturated rings. The molecule has 0 bridgehead atoms. The number of pyridine rings is 1. The van der Waals surface area contributed by atoms with E-state index in [-0.39, 0.29) is 5.91 Å². The van der Waals surface area contributed by atoms with E-state index < -0.39 is 0 Å². The van der Waals surface area contributed by atoms with Gasteiger partial charge in [0.2, 0.25) is 0 Å². The summed E-state index contributed by atoms with van der Waals surface area (Å²) in [4.78, 5) is 17.9. The number of nitrogens with zero attached hydrogens (tertiary/aromatic N) is 2. The largest absolute Gasteiger partial charge is 0.360 e. The van der Waals surface area contributed by atoms with Gasteiger partial charge in [-0.3, -0.25) is 4.79 Å². The van der Waals surface area contributed by atoms with E-state index in [0.29, 0.717) is 17.1 Å². The van der Waals surface area contributed by atoms with Crippen molar-refractivity contribution in [1.29, 1.82) is 0 Å². The Labute approximate surface area is 170 Å². The molecule has 0 radical (unpaired) electrons. The summed E-state index contributed by atoms with van der Waals surface area (Å²) < 4.78 is 5.93. The van der Waals surface area contributed by atoms with Gasteiger partial charge < -0.3 is 9.84 Å². The molecule has 0 aliphatic heterocycles. The molecule has 1 N–H and O–H groups in total. The Balaban J connectivity index is 1.88. The van der Waals surface area contributed by atoms with Crippen molar-refractivity contribution in [2.45, 2.75) is 20.8 Å². The van der Waals surface area contributed by atoms with Crippen molar-refractivity contribution in [1.82, 2.24) is 10.1 Å². The summed E-state index contributed by atoms with van der Waals surface area (Å²) in [5.74, 6) is 0.759. The third-order valence-electron chi connectivity index (χ3n) is 4.55. The van der Waals surface area contributed by atoms with Crippen molar-refractivity contribution in [3.05, 3.63) is 75.5 Å². The molecule has 140 valence electrons. The quantitative estimate of drug-likeness (QED) is 0.439. The Kier molecular flexibility index (Phi) is 4.73. The number of rotatable bonds is 3. The summed E-state index contributed by atoms with van der Waals surface area (Å²) in [6, 6.07) is 15.5. The van der Waals surface area contributed by atoms with Gasteiger partial charge in [-0.1, -0.05) is 38.8 Å². The molecule has 28 heavy (non-hydrogen) atoms. The molecule has 0 spiro atoms. The Morgan fingerprint density at radius 2 is 1.86 bits per heavy atom. The first kappa shape index (κ1) is 18.4. The maximum Gasteiger partial charge on any atom is 0.257 e. The van der Waals surface area contributed by atoms with Crippen molar-refractivity contribution in [3.63, 3.8) is 0 Å². The van der Waals surface area contributed by atoms with Crippen molar-refractivity contribution in [2.75, 3.05) is 5.32 Å². The predicted molar refractivity (Wildman–Crippen MR) is 114 cm³/mol. The molecule has 4 aromatic rings. The monoisotopic (exact) mass is 435 g/mol. The second-order valence-corrected chi connectivity index (χ2v) is 7.73. The molecule has 0 aliphatic carbocycles. The van der Waals surface area contributed by atoms with E-state index in [4.69, 9.17) is 9.51 Å². The molecule has 5 nitrogen and oxygen atoms in total. The number of aromatic nitrogens is 2. The van der Waals surface area contributed by atoms with Crippen molar-refractivity contribution < 1.29 is 9.32 Å². The van der Waals surface area contributed by atoms with Crippen molar-refractivity contribution in [2.24, 2.45) is 0 Å². The predicted octanol–water partition coefficient (Wildman–Crippen LogP) is 5.83. The van der Waals surface area contributed by atoms with E-state index in [0.717, 1.165) is 37.8 Å². The maximum absolute atomic E-state index is 13.0. The topological polar surface area (TPSA) is 68.0 Å². The van der Waals surface area contributed by atoms with Crippen molar-refractivity contribution in [3.8, 4) is 11.3 Å². The van der Waals surface area contributed by atoms with Crippen LogP contribution in [0.1, 0.15) is 27.2 Å². The Morgan fingerprint density at radius 1 is 1.04 bits per heavy atom. The van der Waals surface area contributed by atoms with Gasteiger partial charge in [0.05, 0.1) is 16.8 Å². The zero-order chi connectivity index (χ0) is 19.8. The van der Waals surface area contributed by atoms with E-state index in [1.54, 1.807) is 13.0 Å². The number of fused-ring (bicyclic) bond motifs is 1. The fourth-order valence-corrected chi connectivity index (χ4v) is 3.51. The molecular weight excluding hydrogens is 418 g/mol. The number of carbonyl (C=O) groups is 1. The number of benzene rings is 2. The van der Waals surface area contributed by atoms with Gasteiger partial charge in [0.1, 0.15) is 5.76 Å². The number of hydrogen-bond donors (Lipinski definition) is 1. The summed E-state index contributed by atoms with van der Waals surface area (Å²) in [5, 5.41) is 7.43. The highest BCUT2D eigenvalue weighted by atomic mass is 79.9. The molecule has 4 rings (SSSR count). The smallest absolute Gasteiger partial charge is 0.257 e. The fourth-order valence-electron chi connectivity index (χ4n) is 3.14. The number of anilines is 1. The van der Waals surface area contributed by atoms with Crippen LogP contribution < -0.4 is 5.32 Å². The minimum Gasteiger partial charge on any atom is -0.360 e. The Bertz CT molecular complexity index is 1210. The molecule has 6 heteroatoms. The molecule has 0 aliphatic rings. The first-order valence-electron chi connectivity index (χ1n) is 8.83. The van der Waals surface area contributed by atoms with Gasteiger partial charge in [-0.2, -0.15) is 0 Å². The van der Waals surface area contributed by atoms with Crippen molar-refractivity contribution >= 4 is 38.6 Å². The van der Waals surface area contributed by atoms with E-state index in [1.807, 2.05) is 38.1 Å².